The van der Waals surface area contributed by atoms with Crippen LogP contribution in [0.2, 0.25) is 0 Å². The Balaban J connectivity index is 2.98. The number of amides is 1. The summed E-state index contributed by atoms with van der Waals surface area (Å²) in [6.07, 6.45) is 0. The number of rotatable bonds is 5. The van der Waals surface area contributed by atoms with Crippen LogP contribution in [0.3, 0.4) is 0 Å². The molecule has 1 amide bonds. The second kappa shape index (κ2) is 6.69. The van der Waals surface area contributed by atoms with Crippen LogP contribution in [0.4, 0.5) is 5.69 Å². The van der Waals surface area contributed by atoms with Crippen molar-refractivity contribution < 1.29 is 13.2 Å². The number of carbonyl (C=O) groups is 1. The zero-order valence-corrected chi connectivity index (χ0v) is 14.3. The van der Waals surface area contributed by atoms with Gasteiger partial charge in [0.1, 0.15) is 0 Å². The van der Waals surface area contributed by atoms with Crippen LogP contribution in [0.25, 0.3) is 0 Å². The number of anilines is 1. The molecule has 0 fully saturated rings. The van der Waals surface area contributed by atoms with Gasteiger partial charge in [-0.2, -0.15) is 0 Å². The van der Waals surface area contributed by atoms with Crippen LogP contribution < -0.4 is 5.32 Å². The summed E-state index contributed by atoms with van der Waals surface area (Å²) in [5.74, 6) is -0.0527. The van der Waals surface area contributed by atoms with Crippen LogP contribution in [0.15, 0.2) is 29.2 Å². The summed E-state index contributed by atoms with van der Waals surface area (Å²) < 4.78 is 25.2. The van der Waals surface area contributed by atoms with Crippen molar-refractivity contribution in [3.05, 3.63) is 24.3 Å². The van der Waals surface area contributed by atoms with Gasteiger partial charge in [-0.3, -0.25) is 4.79 Å². The SMILES string of the molecule is CC(C)C(Br)C(=O)Nc1cccc(S(=O)(=O)N(C)C)c1. The Morgan fingerprint density at radius 3 is 2.40 bits per heavy atom. The Labute approximate surface area is 128 Å². The monoisotopic (exact) mass is 362 g/mol. The number of alkyl halides is 1. The van der Waals surface area contributed by atoms with E-state index in [0.29, 0.717) is 5.69 Å². The van der Waals surface area contributed by atoms with Crippen molar-refractivity contribution in [1.29, 1.82) is 0 Å². The first-order chi connectivity index (χ1) is 9.16. The maximum atomic E-state index is 12.0. The highest BCUT2D eigenvalue weighted by Gasteiger charge is 2.20. The highest BCUT2D eigenvalue weighted by molar-refractivity contribution is 9.10. The fourth-order valence-electron chi connectivity index (χ4n) is 1.46. The minimum Gasteiger partial charge on any atom is -0.325 e. The van der Waals surface area contributed by atoms with Gasteiger partial charge in [0.2, 0.25) is 15.9 Å². The largest absolute Gasteiger partial charge is 0.325 e. The number of halogens is 1. The van der Waals surface area contributed by atoms with E-state index in [1.165, 1.54) is 26.2 Å². The molecule has 5 nitrogen and oxygen atoms in total. The van der Waals surface area contributed by atoms with Gasteiger partial charge in [0.25, 0.3) is 0 Å². The molecule has 0 spiro atoms. The Morgan fingerprint density at radius 2 is 1.90 bits per heavy atom. The van der Waals surface area contributed by atoms with E-state index >= 15 is 0 Å². The Bertz CT molecular complexity index is 585. The molecule has 0 saturated carbocycles. The Kier molecular flexibility index (Phi) is 5.73. The third-order valence-corrected chi connectivity index (χ3v) is 6.00. The lowest BCUT2D eigenvalue weighted by Gasteiger charge is -2.15. The molecule has 1 aromatic rings. The molecular formula is C13H19BrN2O3S. The van der Waals surface area contributed by atoms with Gasteiger partial charge in [-0.05, 0) is 24.1 Å². The zero-order valence-electron chi connectivity index (χ0n) is 11.9. The van der Waals surface area contributed by atoms with E-state index in [2.05, 4.69) is 21.2 Å². The maximum Gasteiger partial charge on any atom is 0.242 e. The number of sulfonamides is 1. The predicted octanol–water partition coefficient (Wildman–Crippen LogP) is 2.29. The zero-order chi connectivity index (χ0) is 15.5. The first-order valence-corrected chi connectivity index (χ1v) is 8.49. The molecular weight excluding hydrogens is 344 g/mol. The molecule has 112 valence electrons. The van der Waals surface area contributed by atoms with E-state index in [0.717, 1.165) is 4.31 Å². The van der Waals surface area contributed by atoms with E-state index in [4.69, 9.17) is 0 Å². The molecule has 20 heavy (non-hydrogen) atoms. The van der Waals surface area contributed by atoms with Crippen molar-refractivity contribution in [2.24, 2.45) is 5.92 Å². The van der Waals surface area contributed by atoms with Gasteiger partial charge < -0.3 is 5.32 Å². The van der Waals surface area contributed by atoms with Crippen LogP contribution in [0.1, 0.15) is 13.8 Å². The topological polar surface area (TPSA) is 66.5 Å². The van der Waals surface area contributed by atoms with E-state index < -0.39 is 10.0 Å². The number of nitrogens with one attached hydrogen (secondary N) is 1. The molecule has 0 aliphatic carbocycles. The summed E-state index contributed by atoms with van der Waals surface area (Å²) in [7, 11) is -0.569. The lowest BCUT2D eigenvalue weighted by atomic mass is 10.1. The molecule has 0 radical (unpaired) electrons. The fraction of sp³-hybridized carbons (Fsp3) is 0.462. The highest BCUT2D eigenvalue weighted by Crippen LogP contribution is 2.20. The summed E-state index contributed by atoms with van der Waals surface area (Å²) in [5.41, 5.74) is 0.461. The smallest absolute Gasteiger partial charge is 0.242 e. The standard InChI is InChI=1S/C13H19BrN2O3S/c1-9(2)12(14)13(17)15-10-6-5-7-11(8-10)20(18,19)16(3)4/h5-9,12H,1-4H3,(H,15,17). The van der Waals surface area contributed by atoms with E-state index in [9.17, 15) is 13.2 Å². The molecule has 1 unspecified atom stereocenters. The van der Waals surface area contributed by atoms with Crippen LogP contribution in [0.5, 0.6) is 0 Å². The molecule has 7 heteroatoms. The quantitative estimate of drug-likeness (QED) is 0.817. The van der Waals surface area contributed by atoms with Crippen molar-refractivity contribution in [2.75, 3.05) is 19.4 Å². The minimum absolute atomic E-state index is 0.142. The van der Waals surface area contributed by atoms with E-state index in [1.807, 2.05) is 13.8 Å². The second-order valence-electron chi connectivity index (χ2n) is 4.95. The molecule has 0 saturated heterocycles. The summed E-state index contributed by atoms with van der Waals surface area (Å²) >= 11 is 3.31. The lowest BCUT2D eigenvalue weighted by molar-refractivity contribution is -0.116. The maximum absolute atomic E-state index is 12.0. The summed E-state index contributed by atoms with van der Waals surface area (Å²) in [4.78, 5) is 11.8. The number of carbonyl (C=O) groups excluding carboxylic acids is 1. The van der Waals surface area contributed by atoms with Gasteiger partial charge in [0, 0.05) is 19.8 Å². The van der Waals surface area contributed by atoms with Crippen molar-refractivity contribution in [3.63, 3.8) is 0 Å². The Morgan fingerprint density at radius 1 is 1.30 bits per heavy atom. The van der Waals surface area contributed by atoms with Gasteiger partial charge in [-0.25, -0.2) is 12.7 Å². The third-order valence-electron chi connectivity index (χ3n) is 2.72. The van der Waals surface area contributed by atoms with Crippen LogP contribution in [-0.4, -0.2) is 37.6 Å². The molecule has 1 N–H and O–H groups in total. The van der Waals surface area contributed by atoms with Gasteiger partial charge >= 0.3 is 0 Å². The molecule has 1 rings (SSSR count). The van der Waals surface area contributed by atoms with Crippen LogP contribution in [-0.2, 0) is 14.8 Å². The van der Waals surface area contributed by atoms with Crippen molar-refractivity contribution in [2.45, 2.75) is 23.6 Å². The fourth-order valence-corrected chi connectivity index (χ4v) is 2.52. The van der Waals surface area contributed by atoms with Gasteiger partial charge in [0.05, 0.1) is 9.72 Å². The highest BCUT2D eigenvalue weighted by atomic mass is 79.9. The Hall–Kier alpha value is -0.920. The van der Waals surface area contributed by atoms with E-state index in [1.54, 1.807) is 12.1 Å². The molecule has 0 aliphatic heterocycles. The van der Waals surface area contributed by atoms with Crippen LogP contribution >= 0.6 is 15.9 Å². The number of hydrogen-bond donors (Lipinski definition) is 1. The molecule has 0 aliphatic rings. The first kappa shape index (κ1) is 17.1. The third kappa shape index (κ3) is 4.04. The number of nitrogens with zero attached hydrogens (tertiary/aromatic N) is 1. The first-order valence-electron chi connectivity index (χ1n) is 6.13. The molecule has 0 bridgehead atoms. The van der Waals surface area contributed by atoms with Crippen molar-refractivity contribution in [1.82, 2.24) is 4.31 Å². The summed E-state index contributed by atoms with van der Waals surface area (Å²) in [6, 6.07) is 6.21. The van der Waals surface area contributed by atoms with Gasteiger partial charge in [-0.1, -0.05) is 35.8 Å². The average Bonchev–Trinajstić information content (AvgIpc) is 2.37. The van der Waals surface area contributed by atoms with Crippen LogP contribution in [0, 0.1) is 5.92 Å². The molecule has 0 heterocycles. The molecule has 1 atom stereocenters. The number of benzene rings is 1. The molecule has 1 aromatic carbocycles. The lowest BCUT2D eigenvalue weighted by Crippen LogP contribution is -2.27. The molecule has 0 aromatic heterocycles. The van der Waals surface area contributed by atoms with Crippen molar-refractivity contribution >= 4 is 37.5 Å². The van der Waals surface area contributed by atoms with Crippen molar-refractivity contribution in [3.8, 4) is 0 Å². The predicted molar refractivity (Wildman–Crippen MR) is 83.5 cm³/mol. The summed E-state index contributed by atoms with van der Waals surface area (Å²) in [6.45, 7) is 3.85. The summed E-state index contributed by atoms with van der Waals surface area (Å²) in [5, 5.41) is 2.71. The van der Waals surface area contributed by atoms with Gasteiger partial charge in [0.15, 0.2) is 0 Å². The normalized spacial score (nSPS) is 13.6. The van der Waals surface area contributed by atoms with Gasteiger partial charge in [-0.15, -0.1) is 0 Å². The average molecular weight is 363 g/mol. The van der Waals surface area contributed by atoms with E-state index in [-0.39, 0.29) is 21.5 Å². The number of hydrogen-bond acceptors (Lipinski definition) is 3. The minimum atomic E-state index is -3.50. The second-order valence-corrected chi connectivity index (χ2v) is 8.09.